The molecule has 23 heavy (non-hydrogen) atoms. The lowest BCUT2D eigenvalue weighted by Crippen LogP contribution is -2.47. The fourth-order valence-electron chi connectivity index (χ4n) is 3.44. The van der Waals surface area contributed by atoms with Gasteiger partial charge in [-0.3, -0.25) is 4.68 Å². The summed E-state index contributed by atoms with van der Waals surface area (Å²) in [7, 11) is 1.66. The second-order valence-corrected chi connectivity index (χ2v) is 7.02. The van der Waals surface area contributed by atoms with Crippen LogP contribution in [0.2, 0.25) is 0 Å². The molecule has 0 aliphatic heterocycles. The van der Waals surface area contributed by atoms with E-state index in [2.05, 4.69) is 36.5 Å². The van der Waals surface area contributed by atoms with E-state index < -0.39 is 0 Å². The number of carbonyl (C=O) groups is 1. The largest absolute Gasteiger partial charge is 0.383 e. The van der Waals surface area contributed by atoms with E-state index in [1.807, 2.05) is 6.20 Å². The fourth-order valence-corrected chi connectivity index (χ4v) is 3.44. The summed E-state index contributed by atoms with van der Waals surface area (Å²) >= 11 is 0. The van der Waals surface area contributed by atoms with Crippen molar-refractivity contribution in [3.63, 3.8) is 0 Å². The quantitative estimate of drug-likeness (QED) is 0.845. The molecule has 1 aromatic heterocycles. The number of hydrogen-bond acceptors (Lipinski definition) is 3. The molecule has 0 aromatic carbocycles. The Balaban J connectivity index is 1.88. The molecular formula is C17H30N4O2. The number of rotatable bonds is 6. The van der Waals surface area contributed by atoms with Crippen molar-refractivity contribution >= 4 is 11.7 Å². The van der Waals surface area contributed by atoms with Crippen LogP contribution in [0.5, 0.6) is 0 Å². The van der Waals surface area contributed by atoms with Crippen molar-refractivity contribution in [3.05, 3.63) is 12.4 Å². The molecule has 2 N–H and O–H groups in total. The minimum Gasteiger partial charge on any atom is -0.383 e. The third-order valence-corrected chi connectivity index (χ3v) is 4.75. The predicted octanol–water partition coefficient (Wildman–Crippen LogP) is 3.11. The number of carbonyl (C=O) groups excluding carboxylic acids is 1. The summed E-state index contributed by atoms with van der Waals surface area (Å²) in [4.78, 5) is 12.3. The van der Waals surface area contributed by atoms with Crippen LogP contribution in [0.4, 0.5) is 10.5 Å². The highest BCUT2D eigenvalue weighted by Gasteiger charge is 2.31. The number of hydrogen-bond donors (Lipinski definition) is 2. The zero-order valence-electron chi connectivity index (χ0n) is 14.7. The first-order valence-corrected chi connectivity index (χ1v) is 8.58. The topological polar surface area (TPSA) is 68.2 Å². The molecule has 1 aliphatic carbocycles. The Morgan fingerprint density at radius 1 is 1.48 bits per heavy atom. The van der Waals surface area contributed by atoms with Crippen molar-refractivity contribution in [2.75, 3.05) is 19.0 Å². The Labute approximate surface area is 139 Å². The van der Waals surface area contributed by atoms with Gasteiger partial charge in [0.2, 0.25) is 0 Å². The highest BCUT2D eigenvalue weighted by molar-refractivity contribution is 5.89. The molecule has 130 valence electrons. The van der Waals surface area contributed by atoms with Crippen LogP contribution in [0.3, 0.4) is 0 Å². The van der Waals surface area contributed by atoms with Gasteiger partial charge < -0.3 is 15.4 Å². The summed E-state index contributed by atoms with van der Waals surface area (Å²) in [6.07, 6.45) is 7.00. The summed E-state index contributed by atoms with van der Waals surface area (Å²) in [6.45, 7) is 8.03. The van der Waals surface area contributed by atoms with Crippen LogP contribution in [0.15, 0.2) is 12.4 Å². The number of methoxy groups -OCH3 is 1. The second-order valence-electron chi connectivity index (χ2n) is 7.02. The van der Waals surface area contributed by atoms with Crippen LogP contribution < -0.4 is 10.6 Å². The number of aromatic nitrogens is 2. The van der Waals surface area contributed by atoms with E-state index in [9.17, 15) is 4.79 Å². The third-order valence-electron chi connectivity index (χ3n) is 4.75. The number of anilines is 1. The maximum atomic E-state index is 12.3. The average molecular weight is 322 g/mol. The van der Waals surface area contributed by atoms with Crippen LogP contribution in [0, 0.1) is 17.8 Å². The van der Waals surface area contributed by atoms with Gasteiger partial charge in [0, 0.05) is 19.3 Å². The molecule has 1 saturated carbocycles. The van der Waals surface area contributed by atoms with Gasteiger partial charge in [-0.1, -0.05) is 27.2 Å². The Morgan fingerprint density at radius 2 is 2.26 bits per heavy atom. The van der Waals surface area contributed by atoms with Crippen molar-refractivity contribution in [1.82, 2.24) is 15.1 Å². The minimum absolute atomic E-state index is 0.138. The zero-order valence-corrected chi connectivity index (χ0v) is 14.7. The molecule has 0 spiro atoms. The van der Waals surface area contributed by atoms with Gasteiger partial charge in [0.05, 0.1) is 25.0 Å². The lowest BCUT2D eigenvalue weighted by molar-refractivity contribution is 0.172. The molecule has 6 nitrogen and oxygen atoms in total. The van der Waals surface area contributed by atoms with Crippen LogP contribution in [-0.4, -0.2) is 35.6 Å². The van der Waals surface area contributed by atoms with Gasteiger partial charge in [0.25, 0.3) is 0 Å². The van der Waals surface area contributed by atoms with Crippen LogP contribution >= 0.6 is 0 Å². The van der Waals surface area contributed by atoms with Crippen molar-refractivity contribution in [1.29, 1.82) is 0 Å². The summed E-state index contributed by atoms with van der Waals surface area (Å²) in [5.41, 5.74) is 0.712. The van der Waals surface area contributed by atoms with Gasteiger partial charge in [-0.05, 0) is 30.6 Å². The molecule has 0 bridgehead atoms. The van der Waals surface area contributed by atoms with E-state index in [0.29, 0.717) is 36.6 Å². The Kier molecular flexibility index (Phi) is 6.45. The van der Waals surface area contributed by atoms with Crippen LogP contribution in [0.1, 0.15) is 40.0 Å². The number of urea groups is 1. The third kappa shape index (κ3) is 5.23. The van der Waals surface area contributed by atoms with Gasteiger partial charge >= 0.3 is 6.03 Å². The molecule has 1 aromatic rings. The van der Waals surface area contributed by atoms with E-state index in [4.69, 9.17) is 4.74 Å². The zero-order chi connectivity index (χ0) is 16.8. The molecule has 0 unspecified atom stereocenters. The average Bonchev–Trinajstić information content (AvgIpc) is 2.92. The highest BCUT2D eigenvalue weighted by atomic mass is 16.5. The molecule has 0 radical (unpaired) electrons. The molecule has 2 amide bonds. The molecule has 1 fully saturated rings. The number of nitrogens with one attached hydrogen (secondary N) is 2. The Hall–Kier alpha value is -1.56. The van der Waals surface area contributed by atoms with Crippen molar-refractivity contribution < 1.29 is 9.53 Å². The molecule has 1 heterocycles. The maximum Gasteiger partial charge on any atom is 0.319 e. The molecule has 6 heteroatoms. The van der Waals surface area contributed by atoms with Gasteiger partial charge in [-0.15, -0.1) is 0 Å². The first kappa shape index (κ1) is 17.8. The lowest BCUT2D eigenvalue weighted by atomic mass is 9.74. The minimum atomic E-state index is -0.138. The molecule has 2 rings (SSSR count). The predicted molar refractivity (Wildman–Crippen MR) is 91.4 cm³/mol. The molecule has 0 saturated heterocycles. The van der Waals surface area contributed by atoms with Crippen molar-refractivity contribution in [2.24, 2.45) is 17.8 Å². The fraction of sp³-hybridized carbons (Fsp3) is 0.765. The normalized spacial score (nSPS) is 24.7. The van der Waals surface area contributed by atoms with Crippen molar-refractivity contribution in [3.8, 4) is 0 Å². The van der Waals surface area contributed by atoms with E-state index in [1.165, 1.54) is 12.8 Å². The van der Waals surface area contributed by atoms with Crippen molar-refractivity contribution in [2.45, 2.75) is 52.6 Å². The van der Waals surface area contributed by atoms with E-state index in [-0.39, 0.29) is 12.1 Å². The first-order valence-electron chi connectivity index (χ1n) is 8.58. The van der Waals surface area contributed by atoms with E-state index in [0.717, 1.165) is 6.42 Å². The van der Waals surface area contributed by atoms with E-state index in [1.54, 1.807) is 18.0 Å². The summed E-state index contributed by atoms with van der Waals surface area (Å²) in [5.74, 6) is 1.82. The summed E-state index contributed by atoms with van der Waals surface area (Å²) in [5, 5.41) is 10.3. The second kappa shape index (κ2) is 8.34. The van der Waals surface area contributed by atoms with Gasteiger partial charge in [-0.2, -0.15) is 5.10 Å². The Morgan fingerprint density at radius 3 is 2.96 bits per heavy atom. The molecule has 1 aliphatic rings. The maximum absolute atomic E-state index is 12.3. The van der Waals surface area contributed by atoms with Crippen LogP contribution in [-0.2, 0) is 11.3 Å². The Bertz CT molecular complexity index is 501. The monoisotopic (exact) mass is 322 g/mol. The highest BCUT2D eigenvalue weighted by Crippen LogP contribution is 2.33. The summed E-state index contributed by atoms with van der Waals surface area (Å²) in [6, 6.07) is 0.114. The SMILES string of the molecule is COCCn1cc(NC(=O)N[C@@H]2C[C@H](C)CC[C@H]2C(C)C)cn1. The molecule has 3 atom stereocenters. The summed E-state index contributed by atoms with van der Waals surface area (Å²) < 4.78 is 6.78. The van der Waals surface area contributed by atoms with Crippen LogP contribution in [0.25, 0.3) is 0 Å². The smallest absolute Gasteiger partial charge is 0.319 e. The lowest BCUT2D eigenvalue weighted by Gasteiger charge is -2.37. The first-order chi connectivity index (χ1) is 11.0. The molecular weight excluding hydrogens is 292 g/mol. The van der Waals surface area contributed by atoms with Gasteiger partial charge in [0.1, 0.15) is 0 Å². The number of amides is 2. The standard InChI is InChI=1S/C17H30N4O2/c1-12(2)15-6-5-13(3)9-16(15)20-17(22)19-14-10-18-21(11-14)7-8-23-4/h10-13,15-16H,5-9H2,1-4H3,(H2,19,20,22)/t13-,15+,16-/m1/s1. The van der Waals surface area contributed by atoms with E-state index >= 15 is 0 Å². The van der Waals surface area contributed by atoms with Gasteiger partial charge in [-0.25, -0.2) is 4.79 Å². The van der Waals surface area contributed by atoms with Gasteiger partial charge in [0.15, 0.2) is 0 Å². The number of ether oxygens (including phenoxy) is 1. The number of nitrogens with zero attached hydrogens (tertiary/aromatic N) is 2.